The number of ketones is 1. The summed E-state index contributed by atoms with van der Waals surface area (Å²) in [6, 6.07) is 10.0. The molecule has 0 aliphatic rings. The molecule has 2 aromatic rings. The van der Waals surface area contributed by atoms with Gasteiger partial charge < -0.3 is 0 Å². The van der Waals surface area contributed by atoms with Crippen LogP contribution in [0.25, 0.3) is 0 Å². The van der Waals surface area contributed by atoms with Gasteiger partial charge in [-0.3, -0.25) is 4.79 Å². The minimum atomic E-state index is -3.70. The summed E-state index contributed by atoms with van der Waals surface area (Å²) in [5, 5.41) is 0. The van der Waals surface area contributed by atoms with Crippen LogP contribution in [0.5, 0.6) is 0 Å². The first-order chi connectivity index (χ1) is 9.40. The summed E-state index contributed by atoms with van der Waals surface area (Å²) < 4.78 is 26.9. The first-order valence-electron chi connectivity index (χ1n) is 5.74. The van der Waals surface area contributed by atoms with Gasteiger partial charge in [-0.2, -0.15) is 0 Å². The molecule has 0 saturated carbocycles. The molecule has 1 N–H and O–H groups in total. The molecule has 0 spiro atoms. The summed E-state index contributed by atoms with van der Waals surface area (Å²) >= 11 is 6.83. The van der Waals surface area contributed by atoms with Crippen LogP contribution in [-0.4, -0.2) is 20.7 Å². The molecule has 0 unspecified atom stereocenters. The minimum Gasteiger partial charge on any atom is -0.293 e. The number of carbonyl (C=O) groups excluding carboxylic acids is 1. The van der Waals surface area contributed by atoms with Gasteiger partial charge in [0.15, 0.2) is 5.78 Å². The first kappa shape index (κ1) is 15.2. The molecule has 0 saturated heterocycles. The molecule has 20 heavy (non-hydrogen) atoms. The summed E-state index contributed by atoms with van der Waals surface area (Å²) in [6.07, 6.45) is 0. The summed E-state index contributed by atoms with van der Waals surface area (Å²) in [5.74, 6) is -0.284. The second-order valence-corrected chi connectivity index (χ2v) is 7.78. The number of halogens is 1. The van der Waals surface area contributed by atoms with E-state index >= 15 is 0 Å². The predicted octanol–water partition coefficient (Wildman–Crippen LogP) is 2.87. The van der Waals surface area contributed by atoms with Crippen molar-refractivity contribution >= 4 is 38.7 Å². The van der Waals surface area contributed by atoms with Crippen molar-refractivity contribution in [1.82, 2.24) is 4.72 Å². The lowest BCUT2D eigenvalue weighted by molar-refractivity contribution is 0.0997. The lowest BCUT2D eigenvalue weighted by Crippen LogP contribution is -2.29. The monoisotopic (exact) mass is 329 g/mol. The van der Waals surface area contributed by atoms with Crippen molar-refractivity contribution in [2.75, 3.05) is 6.54 Å². The van der Waals surface area contributed by atoms with E-state index in [1.165, 1.54) is 6.07 Å². The molecule has 1 aromatic carbocycles. The van der Waals surface area contributed by atoms with Gasteiger partial charge in [0.25, 0.3) is 10.0 Å². The molecule has 1 aromatic heterocycles. The van der Waals surface area contributed by atoms with Crippen LogP contribution in [0.2, 0.25) is 4.34 Å². The van der Waals surface area contributed by atoms with Gasteiger partial charge in [-0.05, 0) is 18.6 Å². The van der Waals surface area contributed by atoms with Crippen LogP contribution < -0.4 is 4.72 Å². The van der Waals surface area contributed by atoms with E-state index in [2.05, 4.69) is 4.72 Å². The number of thiophene rings is 1. The van der Waals surface area contributed by atoms with Crippen LogP contribution in [0.4, 0.5) is 0 Å². The van der Waals surface area contributed by atoms with Crippen molar-refractivity contribution < 1.29 is 13.2 Å². The summed E-state index contributed by atoms with van der Waals surface area (Å²) in [7, 11) is -3.70. The highest BCUT2D eigenvalue weighted by atomic mass is 35.5. The number of rotatable bonds is 5. The van der Waals surface area contributed by atoms with Crippen molar-refractivity contribution in [1.29, 1.82) is 0 Å². The lowest BCUT2D eigenvalue weighted by Gasteiger charge is -2.04. The SMILES string of the molecule is Cc1cc(S(=O)(=O)NCC(=O)c2ccccc2)sc1Cl. The van der Waals surface area contributed by atoms with E-state index in [9.17, 15) is 13.2 Å². The Kier molecular flexibility index (Phi) is 4.59. The highest BCUT2D eigenvalue weighted by molar-refractivity contribution is 7.91. The first-order valence-corrected chi connectivity index (χ1v) is 8.42. The molecule has 0 fully saturated rings. The highest BCUT2D eigenvalue weighted by Gasteiger charge is 2.19. The van der Waals surface area contributed by atoms with E-state index < -0.39 is 10.0 Å². The molecule has 4 nitrogen and oxygen atoms in total. The predicted molar refractivity (Wildman–Crippen MR) is 80.0 cm³/mol. The molecule has 106 valence electrons. The Hall–Kier alpha value is -1.21. The van der Waals surface area contributed by atoms with E-state index in [1.54, 1.807) is 37.3 Å². The number of benzene rings is 1. The number of nitrogens with one attached hydrogen (secondary N) is 1. The smallest absolute Gasteiger partial charge is 0.250 e. The van der Waals surface area contributed by atoms with E-state index in [-0.39, 0.29) is 16.5 Å². The van der Waals surface area contributed by atoms with Crippen LogP contribution in [0.1, 0.15) is 15.9 Å². The number of aryl methyl sites for hydroxylation is 1. The summed E-state index contributed by atoms with van der Waals surface area (Å²) in [4.78, 5) is 11.8. The normalized spacial score (nSPS) is 11.5. The Morgan fingerprint density at radius 2 is 1.95 bits per heavy atom. The van der Waals surface area contributed by atoms with Gasteiger partial charge in [0.2, 0.25) is 0 Å². The van der Waals surface area contributed by atoms with Gasteiger partial charge in [-0.1, -0.05) is 41.9 Å². The lowest BCUT2D eigenvalue weighted by atomic mass is 10.1. The molecule has 0 aliphatic carbocycles. The summed E-state index contributed by atoms with van der Waals surface area (Å²) in [6.45, 7) is 1.45. The fourth-order valence-electron chi connectivity index (χ4n) is 1.52. The molecular formula is C13H12ClNO3S2. The zero-order valence-electron chi connectivity index (χ0n) is 10.6. The molecule has 0 bridgehead atoms. The number of hydrogen-bond donors (Lipinski definition) is 1. The van der Waals surface area contributed by atoms with Crippen molar-refractivity contribution in [2.24, 2.45) is 0 Å². The zero-order chi connectivity index (χ0) is 14.8. The third kappa shape index (κ3) is 3.46. The van der Waals surface area contributed by atoms with Gasteiger partial charge in [-0.15, -0.1) is 11.3 Å². The Bertz CT molecular complexity index is 704. The maximum absolute atomic E-state index is 12.0. The third-order valence-electron chi connectivity index (χ3n) is 2.62. The molecule has 7 heteroatoms. The van der Waals surface area contributed by atoms with Gasteiger partial charge >= 0.3 is 0 Å². The van der Waals surface area contributed by atoms with Crippen molar-refractivity contribution in [3.63, 3.8) is 0 Å². The minimum absolute atomic E-state index is 0.112. The Morgan fingerprint density at radius 3 is 2.50 bits per heavy atom. The van der Waals surface area contributed by atoms with Crippen LogP contribution in [0.3, 0.4) is 0 Å². The molecule has 0 radical (unpaired) electrons. The van der Waals surface area contributed by atoms with Gasteiger partial charge in [0.1, 0.15) is 4.21 Å². The van der Waals surface area contributed by atoms with E-state index in [0.717, 1.165) is 11.3 Å². The number of Topliss-reactive ketones (excluding diaryl/α,β-unsaturated/α-hetero) is 1. The van der Waals surface area contributed by atoms with E-state index in [1.807, 2.05) is 0 Å². The Balaban J connectivity index is 2.08. The second-order valence-electron chi connectivity index (χ2n) is 4.14. The quantitative estimate of drug-likeness (QED) is 0.858. The zero-order valence-corrected chi connectivity index (χ0v) is 13.0. The average Bonchev–Trinajstić information content (AvgIpc) is 2.78. The van der Waals surface area contributed by atoms with Gasteiger partial charge in [0.05, 0.1) is 10.9 Å². The number of carbonyl (C=O) groups is 1. The maximum atomic E-state index is 12.0. The topological polar surface area (TPSA) is 63.2 Å². The van der Waals surface area contributed by atoms with Crippen LogP contribution in [0.15, 0.2) is 40.6 Å². The van der Waals surface area contributed by atoms with Crippen molar-refractivity contribution in [3.05, 3.63) is 51.9 Å². The second kappa shape index (κ2) is 6.05. The van der Waals surface area contributed by atoms with Crippen LogP contribution in [0, 0.1) is 6.92 Å². The fraction of sp³-hybridized carbons (Fsp3) is 0.154. The Labute approximate surface area is 126 Å². The summed E-state index contributed by atoms with van der Waals surface area (Å²) in [5.41, 5.74) is 1.17. The standard InChI is InChI=1S/C13H12ClNO3S2/c1-9-7-12(19-13(9)14)20(17,18)15-8-11(16)10-5-3-2-4-6-10/h2-7,15H,8H2,1H3. The molecule has 1 heterocycles. The van der Waals surface area contributed by atoms with Crippen LogP contribution >= 0.6 is 22.9 Å². The Morgan fingerprint density at radius 1 is 1.30 bits per heavy atom. The molecular weight excluding hydrogens is 318 g/mol. The highest BCUT2D eigenvalue weighted by Crippen LogP contribution is 2.29. The van der Waals surface area contributed by atoms with E-state index in [0.29, 0.717) is 15.5 Å². The van der Waals surface area contributed by atoms with Gasteiger partial charge in [-0.25, -0.2) is 13.1 Å². The van der Waals surface area contributed by atoms with Crippen molar-refractivity contribution in [3.8, 4) is 0 Å². The average molecular weight is 330 g/mol. The molecule has 0 amide bonds. The largest absolute Gasteiger partial charge is 0.293 e. The molecule has 2 rings (SSSR count). The molecule has 0 aliphatic heterocycles. The number of hydrogen-bond acceptors (Lipinski definition) is 4. The maximum Gasteiger partial charge on any atom is 0.250 e. The van der Waals surface area contributed by atoms with E-state index in [4.69, 9.17) is 11.6 Å². The molecule has 0 atom stereocenters. The number of sulfonamides is 1. The van der Waals surface area contributed by atoms with Gasteiger partial charge in [0, 0.05) is 5.56 Å². The van der Waals surface area contributed by atoms with Crippen molar-refractivity contribution in [2.45, 2.75) is 11.1 Å². The third-order valence-corrected chi connectivity index (χ3v) is 6.05. The fourth-order valence-corrected chi connectivity index (χ4v) is 4.26. The van der Waals surface area contributed by atoms with Crippen LogP contribution in [-0.2, 0) is 10.0 Å².